The Morgan fingerprint density at radius 3 is 2.18 bits per heavy atom. The molecule has 0 aliphatic carbocycles. The molecule has 0 fully saturated rings. The Morgan fingerprint density at radius 2 is 1.64 bits per heavy atom. The SMILES string of the molecule is CCOC(=O)/C=C/[C@@H](COC(=O)C(OC)(c1ccccc1)C(F)(F)F)N(C/C=C(\C)CCl)Cc1ccccc1. The zero-order valence-electron chi connectivity index (χ0n) is 22.1. The molecule has 39 heavy (non-hydrogen) atoms. The van der Waals surface area contributed by atoms with Crippen LogP contribution in [0, 0.1) is 0 Å². The molecule has 2 rings (SSSR count). The van der Waals surface area contributed by atoms with Crippen molar-refractivity contribution in [3.05, 3.63) is 95.6 Å². The molecule has 0 aliphatic rings. The van der Waals surface area contributed by atoms with Crippen LogP contribution >= 0.6 is 11.6 Å². The van der Waals surface area contributed by atoms with Crippen LogP contribution in [-0.2, 0) is 35.9 Å². The largest absolute Gasteiger partial charge is 0.463 e. The molecule has 0 heterocycles. The summed E-state index contributed by atoms with van der Waals surface area (Å²) in [6.07, 6.45) is -0.631. The van der Waals surface area contributed by atoms with Crippen LogP contribution in [0.3, 0.4) is 0 Å². The van der Waals surface area contributed by atoms with Gasteiger partial charge >= 0.3 is 18.1 Å². The molecule has 0 saturated heterocycles. The fourth-order valence-electron chi connectivity index (χ4n) is 3.78. The number of hydrogen-bond donors (Lipinski definition) is 0. The molecule has 0 bridgehead atoms. The number of alkyl halides is 4. The molecule has 0 aliphatic heterocycles. The fourth-order valence-corrected chi connectivity index (χ4v) is 3.88. The van der Waals surface area contributed by atoms with Gasteiger partial charge in [-0.25, -0.2) is 9.59 Å². The zero-order chi connectivity index (χ0) is 28.9. The van der Waals surface area contributed by atoms with E-state index in [1.807, 2.05) is 48.2 Å². The van der Waals surface area contributed by atoms with Crippen LogP contribution < -0.4 is 0 Å². The van der Waals surface area contributed by atoms with E-state index >= 15 is 0 Å². The van der Waals surface area contributed by atoms with Crippen molar-refractivity contribution in [1.29, 1.82) is 0 Å². The minimum absolute atomic E-state index is 0.146. The summed E-state index contributed by atoms with van der Waals surface area (Å²) >= 11 is 5.93. The monoisotopic (exact) mass is 567 g/mol. The Hall–Kier alpha value is -3.14. The fraction of sp³-hybridized carbons (Fsp3) is 0.379. The van der Waals surface area contributed by atoms with E-state index in [-0.39, 0.29) is 12.5 Å². The normalized spacial score (nSPS) is 14.7. The highest BCUT2D eigenvalue weighted by atomic mass is 35.5. The topological polar surface area (TPSA) is 65.1 Å². The van der Waals surface area contributed by atoms with Gasteiger partial charge in [-0.2, -0.15) is 13.2 Å². The van der Waals surface area contributed by atoms with Gasteiger partial charge in [-0.15, -0.1) is 11.6 Å². The van der Waals surface area contributed by atoms with Crippen molar-refractivity contribution in [2.45, 2.75) is 38.2 Å². The molecule has 0 spiro atoms. The number of carbonyl (C=O) groups is 2. The van der Waals surface area contributed by atoms with Crippen molar-refractivity contribution < 1.29 is 37.0 Å². The van der Waals surface area contributed by atoms with Crippen molar-refractivity contribution in [3.8, 4) is 0 Å². The molecular formula is C29H33ClF3NO5. The third-order valence-electron chi connectivity index (χ3n) is 5.88. The predicted molar refractivity (Wildman–Crippen MR) is 143 cm³/mol. The quantitative estimate of drug-likeness (QED) is 0.124. The van der Waals surface area contributed by atoms with E-state index < -0.39 is 41.9 Å². The maximum atomic E-state index is 14.3. The standard InChI is InChI=1S/C29H33ClF3NO5/c1-4-38-26(35)16-15-25(34(18-17-22(2)19-30)20-23-11-7-5-8-12-23)21-39-27(36)28(37-3,29(31,32)33)24-13-9-6-10-14-24/h5-17,25H,4,18-21H2,1-3H3/b16-15+,22-17+/t25-,28?/m0/s1. The van der Waals surface area contributed by atoms with Gasteiger partial charge in [-0.3, -0.25) is 4.90 Å². The highest BCUT2D eigenvalue weighted by Gasteiger charge is 2.64. The van der Waals surface area contributed by atoms with E-state index in [1.165, 1.54) is 30.4 Å². The molecule has 0 N–H and O–H groups in total. The second kappa shape index (κ2) is 15.5. The Balaban J connectivity index is 2.44. The number of halogens is 4. The smallest absolute Gasteiger partial charge is 0.432 e. The summed E-state index contributed by atoms with van der Waals surface area (Å²) < 4.78 is 58.1. The summed E-state index contributed by atoms with van der Waals surface area (Å²) in [4.78, 5) is 27.1. The molecule has 0 amide bonds. The van der Waals surface area contributed by atoms with E-state index in [1.54, 1.807) is 6.92 Å². The van der Waals surface area contributed by atoms with Gasteiger partial charge < -0.3 is 14.2 Å². The number of ether oxygens (including phenoxy) is 3. The van der Waals surface area contributed by atoms with E-state index in [9.17, 15) is 22.8 Å². The van der Waals surface area contributed by atoms with Crippen LogP contribution in [0.25, 0.3) is 0 Å². The summed E-state index contributed by atoms with van der Waals surface area (Å²) in [7, 11) is 0.807. The minimum atomic E-state index is -5.11. The van der Waals surface area contributed by atoms with Crippen molar-refractivity contribution in [1.82, 2.24) is 4.90 Å². The molecule has 2 aromatic carbocycles. The summed E-state index contributed by atoms with van der Waals surface area (Å²) in [5.41, 5.74) is -1.96. The maximum Gasteiger partial charge on any atom is 0.432 e. The van der Waals surface area contributed by atoms with E-state index in [4.69, 9.17) is 25.8 Å². The molecule has 0 saturated carbocycles. The van der Waals surface area contributed by atoms with Gasteiger partial charge in [-0.1, -0.05) is 78.4 Å². The van der Waals surface area contributed by atoms with Crippen LogP contribution in [0.1, 0.15) is 25.0 Å². The molecule has 2 atom stereocenters. The molecule has 212 valence electrons. The lowest BCUT2D eigenvalue weighted by atomic mass is 9.92. The van der Waals surface area contributed by atoms with Gasteiger partial charge in [0.25, 0.3) is 5.60 Å². The third-order valence-corrected chi connectivity index (χ3v) is 6.30. The molecule has 2 aromatic rings. The molecule has 10 heteroatoms. The van der Waals surface area contributed by atoms with Gasteiger partial charge in [0.15, 0.2) is 0 Å². The first kappa shape index (κ1) is 32.1. The molecule has 6 nitrogen and oxygen atoms in total. The first-order chi connectivity index (χ1) is 18.6. The van der Waals surface area contributed by atoms with Crippen LogP contribution in [0.2, 0.25) is 0 Å². The number of allylic oxidation sites excluding steroid dienone is 1. The second-order valence-corrected chi connectivity index (χ2v) is 8.89. The minimum Gasteiger partial charge on any atom is -0.463 e. The lowest BCUT2D eigenvalue weighted by Gasteiger charge is -2.34. The Bertz CT molecular complexity index is 1110. The third kappa shape index (κ3) is 8.95. The molecule has 1 unspecified atom stereocenters. The summed E-state index contributed by atoms with van der Waals surface area (Å²) in [6.45, 7) is 3.80. The Kier molecular flexibility index (Phi) is 12.7. The van der Waals surface area contributed by atoms with Gasteiger partial charge in [0, 0.05) is 37.7 Å². The van der Waals surface area contributed by atoms with Crippen molar-refractivity contribution in [3.63, 3.8) is 0 Å². The summed E-state index contributed by atoms with van der Waals surface area (Å²) in [5.74, 6) is -1.96. The van der Waals surface area contributed by atoms with Gasteiger partial charge in [-0.05, 0) is 19.4 Å². The predicted octanol–water partition coefficient (Wildman–Crippen LogP) is 5.81. The van der Waals surface area contributed by atoms with Crippen LogP contribution in [0.4, 0.5) is 13.2 Å². The first-order valence-electron chi connectivity index (χ1n) is 12.3. The second-order valence-electron chi connectivity index (χ2n) is 8.63. The first-order valence-corrected chi connectivity index (χ1v) is 12.8. The lowest BCUT2D eigenvalue weighted by molar-refractivity contribution is -0.276. The van der Waals surface area contributed by atoms with E-state index in [2.05, 4.69) is 0 Å². The summed E-state index contributed by atoms with van der Waals surface area (Å²) in [6, 6.07) is 15.1. The number of carbonyl (C=O) groups excluding carboxylic acids is 2. The van der Waals surface area contributed by atoms with Crippen molar-refractivity contribution in [2.24, 2.45) is 0 Å². The van der Waals surface area contributed by atoms with Crippen LogP contribution in [-0.4, -0.2) is 61.8 Å². The number of rotatable bonds is 14. The van der Waals surface area contributed by atoms with Crippen LogP contribution in [0.15, 0.2) is 84.5 Å². The molecule has 0 aromatic heterocycles. The van der Waals surface area contributed by atoms with Crippen LogP contribution in [0.5, 0.6) is 0 Å². The van der Waals surface area contributed by atoms with Gasteiger partial charge in [0.1, 0.15) is 6.61 Å². The van der Waals surface area contributed by atoms with Crippen molar-refractivity contribution >= 4 is 23.5 Å². The van der Waals surface area contributed by atoms with Gasteiger partial charge in [0.05, 0.1) is 12.6 Å². The lowest BCUT2D eigenvalue weighted by Crippen LogP contribution is -2.52. The highest BCUT2D eigenvalue weighted by Crippen LogP contribution is 2.43. The number of methoxy groups -OCH3 is 1. The highest BCUT2D eigenvalue weighted by molar-refractivity contribution is 6.19. The zero-order valence-corrected chi connectivity index (χ0v) is 22.9. The number of nitrogens with zero attached hydrogens (tertiary/aromatic N) is 1. The Labute approximate surface area is 232 Å². The average molecular weight is 568 g/mol. The Morgan fingerprint density at radius 1 is 1.03 bits per heavy atom. The maximum absolute atomic E-state index is 14.3. The number of hydrogen-bond acceptors (Lipinski definition) is 6. The number of benzene rings is 2. The van der Waals surface area contributed by atoms with E-state index in [0.717, 1.165) is 30.4 Å². The number of esters is 2. The average Bonchev–Trinajstić information content (AvgIpc) is 2.92. The molecular weight excluding hydrogens is 535 g/mol. The van der Waals surface area contributed by atoms with Crippen molar-refractivity contribution in [2.75, 3.05) is 32.7 Å². The van der Waals surface area contributed by atoms with E-state index in [0.29, 0.717) is 13.1 Å². The molecule has 0 radical (unpaired) electrons. The summed E-state index contributed by atoms with van der Waals surface area (Å²) in [5, 5.41) is 0. The van der Waals surface area contributed by atoms with Gasteiger partial charge in [0.2, 0.25) is 0 Å².